The predicted molar refractivity (Wildman–Crippen MR) is 75.4 cm³/mol. The van der Waals surface area contributed by atoms with Crippen LogP contribution in [0.1, 0.15) is 46.5 Å². The highest BCUT2D eigenvalue weighted by atomic mass is 16.2. The number of carbonyl (C=O) groups is 2. The molecule has 0 aromatic rings. The number of nitrogens with zero attached hydrogens (tertiary/aromatic N) is 1. The lowest BCUT2D eigenvalue weighted by molar-refractivity contribution is -0.141. The topological polar surface area (TPSA) is 37.4 Å². The van der Waals surface area contributed by atoms with Crippen molar-refractivity contribution >= 4 is 11.8 Å². The number of imide groups is 1. The predicted octanol–water partition coefficient (Wildman–Crippen LogP) is 3.07. The van der Waals surface area contributed by atoms with E-state index in [0.29, 0.717) is 6.54 Å². The van der Waals surface area contributed by atoms with Crippen LogP contribution in [-0.2, 0) is 9.59 Å². The van der Waals surface area contributed by atoms with Crippen molar-refractivity contribution in [1.29, 1.82) is 0 Å². The lowest BCUT2D eigenvalue weighted by Crippen LogP contribution is -2.38. The number of carbonyl (C=O) groups excluding carboxylic acids is 2. The summed E-state index contributed by atoms with van der Waals surface area (Å²) in [5.74, 6) is -0.0887. The second-order valence-corrected chi connectivity index (χ2v) is 5.95. The van der Waals surface area contributed by atoms with Gasteiger partial charge in [-0.15, -0.1) is 0 Å². The molecule has 0 bridgehead atoms. The first-order chi connectivity index (χ1) is 8.97. The van der Waals surface area contributed by atoms with Crippen molar-refractivity contribution in [3.63, 3.8) is 0 Å². The lowest BCUT2D eigenvalue weighted by Gasteiger charge is -2.32. The smallest absolute Gasteiger partial charge is 0.240 e. The fourth-order valence-electron chi connectivity index (χ4n) is 2.98. The van der Waals surface area contributed by atoms with Crippen molar-refractivity contribution in [2.24, 2.45) is 10.8 Å². The third kappa shape index (κ3) is 1.96. The zero-order chi connectivity index (χ0) is 14.1. The summed E-state index contributed by atoms with van der Waals surface area (Å²) < 4.78 is 0. The summed E-state index contributed by atoms with van der Waals surface area (Å²) in [5.41, 5.74) is -1.41. The summed E-state index contributed by atoms with van der Waals surface area (Å²) in [5, 5.41) is 0. The van der Waals surface area contributed by atoms with E-state index in [1.807, 2.05) is 38.2 Å². The summed E-state index contributed by atoms with van der Waals surface area (Å²) >= 11 is 0. The molecule has 0 saturated carbocycles. The van der Waals surface area contributed by atoms with E-state index in [0.717, 1.165) is 25.7 Å². The van der Waals surface area contributed by atoms with Crippen LogP contribution in [0, 0.1) is 10.8 Å². The fraction of sp³-hybridized carbons (Fsp3) is 0.625. The molecule has 2 unspecified atom stereocenters. The average Bonchev–Trinajstić information content (AvgIpc) is 2.54. The second-order valence-electron chi connectivity index (χ2n) is 5.95. The molecule has 19 heavy (non-hydrogen) atoms. The molecule has 3 nitrogen and oxygen atoms in total. The van der Waals surface area contributed by atoms with Crippen LogP contribution < -0.4 is 0 Å². The summed E-state index contributed by atoms with van der Waals surface area (Å²) in [6.45, 7) is 6.46. The highest BCUT2D eigenvalue weighted by Gasteiger charge is 2.62. The maximum Gasteiger partial charge on any atom is 0.240 e. The number of rotatable bonds is 5. The van der Waals surface area contributed by atoms with E-state index in [-0.39, 0.29) is 11.8 Å². The first kappa shape index (κ1) is 14.0. The number of allylic oxidation sites excluding steroid dienone is 2. The molecular weight excluding hydrogens is 238 g/mol. The molecule has 1 saturated heterocycles. The van der Waals surface area contributed by atoms with Gasteiger partial charge in [-0.2, -0.15) is 0 Å². The maximum atomic E-state index is 12.6. The highest BCUT2D eigenvalue weighted by molar-refractivity contribution is 6.11. The van der Waals surface area contributed by atoms with Crippen LogP contribution in [0.5, 0.6) is 0 Å². The van der Waals surface area contributed by atoms with E-state index in [1.165, 1.54) is 4.90 Å². The van der Waals surface area contributed by atoms with Crippen LogP contribution in [0.4, 0.5) is 0 Å². The van der Waals surface area contributed by atoms with Crippen molar-refractivity contribution in [2.75, 3.05) is 6.54 Å². The molecule has 0 N–H and O–H groups in total. The third-order valence-corrected chi connectivity index (χ3v) is 4.66. The van der Waals surface area contributed by atoms with Gasteiger partial charge >= 0.3 is 0 Å². The Bertz CT molecular complexity index is 416. The first-order valence-corrected chi connectivity index (χ1v) is 7.21. The molecule has 2 aliphatic rings. The van der Waals surface area contributed by atoms with Gasteiger partial charge in [0, 0.05) is 6.54 Å². The number of hydrogen-bond donors (Lipinski definition) is 0. The quantitative estimate of drug-likeness (QED) is 0.563. The Morgan fingerprint density at radius 1 is 0.947 bits per heavy atom. The van der Waals surface area contributed by atoms with Crippen molar-refractivity contribution in [1.82, 2.24) is 4.90 Å². The zero-order valence-electron chi connectivity index (χ0n) is 12.1. The molecule has 0 spiro atoms. The van der Waals surface area contributed by atoms with Crippen molar-refractivity contribution in [2.45, 2.75) is 46.5 Å². The number of amides is 2. The molecule has 0 aromatic heterocycles. The molecular formula is C16H23NO2. The van der Waals surface area contributed by atoms with E-state index in [2.05, 4.69) is 6.92 Å². The standard InChI is InChI=1S/C16H23NO2/c1-4-5-6-9-12-17-13(18)15(2)10-7-8-11-16(15,3)14(17)19/h7-8,10-11H,4-6,9,12H2,1-3H3. The van der Waals surface area contributed by atoms with Gasteiger partial charge in [-0.1, -0.05) is 50.5 Å². The largest absolute Gasteiger partial charge is 0.281 e. The second kappa shape index (κ2) is 4.95. The van der Waals surface area contributed by atoms with Crippen molar-refractivity contribution in [3.05, 3.63) is 24.3 Å². The molecule has 1 aliphatic carbocycles. The van der Waals surface area contributed by atoms with Gasteiger partial charge in [0.1, 0.15) is 0 Å². The van der Waals surface area contributed by atoms with E-state index in [4.69, 9.17) is 0 Å². The number of likely N-dealkylation sites (tertiary alicyclic amines) is 1. The van der Waals surface area contributed by atoms with E-state index in [9.17, 15) is 9.59 Å². The normalized spacial score (nSPS) is 33.1. The van der Waals surface area contributed by atoms with E-state index in [1.54, 1.807) is 0 Å². The fourth-order valence-corrected chi connectivity index (χ4v) is 2.98. The van der Waals surface area contributed by atoms with Crippen LogP contribution in [0.3, 0.4) is 0 Å². The lowest BCUT2D eigenvalue weighted by atomic mass is 9.65. The summed E-state index contributed by atoms with van der Waals surface area (Å²) in [4.78, 5) is 26.6. The SMILES string of the molecule is CCCCCCN1C(=O)C2(C)C=CC=CC2(C)C1=O. The molecule has 0 aromatic carbocycles. The minimum atomic E-state index is -0.705. The Balaban J connectivity index is 2.16. The molecule has 3 heteroatoms. The Labute approximate surface area is 115 Å². The molecule has 2 rings (SSSR count). The maximum absolute atomic E-state index is 12.6. The van der Waals surface area contributed by atoms with Gasteiger partial charge in [0.25, 0.3) is 0 Å². The van der Waals surface area contributed by atoms with Crippen LogP contribution >= 0.6 is 0 Å². The highest BCUT2D eigenvalue weighted by Crippen LogP contribution is 2.51. The van der Waals surface area contributed by atoms with Gasteiger partial charge in [-0.05, 0) is 20.3 Å². The van der Waals surface area contributed by atoms with Gasteiger partial charge in [0.05, 0.1) is 10.8 Å². The number of hydrogen-bond acceptors (Lipinski definition) is 2. The summed E-state index contributed by atoms with van der Waals surface area (Å²) in [6, 6.07) is 0. The van der Waals surface area contributed by atoms with Gasteiger partial charge in [-0.25, -0.2) is 0 Å². The van der Waals surface area contributed by atoms with Gasteiger partial charge in [0.15, 0.2) is 0 Å². The van der Waals surface area contributed by atoms with Crippen LogP contribution in [0.15, 0.2) is 24.3 Å². The van der Waals surface area contributed by atoms with Crippen LogP contribution in [-0.4, -0.2) is 23.3 Å². The van der Waals surface area contributed by atoms with Crippen LogP contribution in [0.25, 0.3) is 0 Å². The first-order valence-electron chi connectivity index (χ1n) is 7.21. The zero-order valence-corrected chi connectivity index (χ0v) is 12.1. The Kier molecular flexibility index (Phi) is 3.66. The molecule has 1 fully saturated rings. The van der Waals surface area contributed by atoms with E-state index < -0.39 is 10.8 Å². The number of fused-ring (bicyclic) bond motifs is 1. The Morgan fingerprint density at radius 3 is 1.95 bits per heavy atom. The molecule has 2 amide bonds. The third-order valence-electron chi connectivity index (χ3n) is 4.66. The monoisotopic (exact) mass is 261 g/mol. The Hall–Kier alpha value is -1.38. The molecule has 1 aliphatic heterocycles. The molecule has 2 atom stereocenters. The van der Waals surface area contributed by atoms with Crippen molar-refractivity contribution in [3.8, 4) is 0 Å². The molecule has 104 valence electrons. The minimum absolute atomic E-state index is 0.0444. The van der Waals surface area contributed by atoms with Gasteiger partial charge < -0.3 is 0 Å². The van der Waals surface area contributed by atoms with Gasteiger partial charge in [0.2, 0.25) is 11.8 Å². The average molecular weight is 261 g/mol. The summed E-state index contributed by atoms with van der Waals surface area (Å²) in [7, 11) is 0. The number of unbranched alkanes of at least 4 members (excludes halogenated alkanes) is 3. The molecule has 0 radical (unpaired) electrons. The van der Waals surface area contributed by atoms with E-state index >= 15 is 0 Å². The van der Waals surface area contributed by atoms with Crippen LogP contribution in [0.2, 0.25) is 0 Å². The van der Waals surface area contributed by atoms with Crippen molar-refractivity contribution < 1.29 is 9.59 Å². The van der Waals surface area contributed by atoms with Gasteiger partial charge in [-0.3, -0.25) is 14.5 Å². The summed E-state index contributed by atoms with van der Waals surface area (Å²) in [6.07, 6.45) is 11.8. The Morgan fingerprint density at radius 2 is 1.47 bits per heavy atom. The minimum Gasteiger partial charge on any atom is -0.281 e. The molecule has 1 heterocycles.